The van der Waals surface area contributed by atoms with Gasteiger partial charge in [-0.25, -0.2) is 0 Å². The highest BCUT2D eigenvalue weighted by Gasteiger charge is 2.31. The Labute approximate surface area is 275 Å². The second-order valence-electron chi connectivity index (χ2n) is 15.1. The molecule has 1 heteroatoms. The first-order valence-electron chi connectivity index (χ1n) is 16.8. The van der Waals surface area contributed by atoms with Crippen molar-refractivity contribution in [3.8, 4) is 11.1 Å². The molecule has 228 valence electrons. The van der Waals surface area contributed by atoms with Gasteiger partial charge in [0.05, 0.1) is 0 Å². The van der Waals surface area contributed by atoms with Crippen molar-refractivity contribution >= 4 is 55.4 Å². The first kappa shape index (κ1) is 30.3. The second-order valence-corrected chi connectivity index (χ2v) is 15.1. The zero-order valence-electron chi connectivity index (χ0n) is 29.2. The van der Waals surface area contributed by atoms with Crippen LogP contribution < -0.4 is 16.4 Å². The normalized spacial score (nSPS) is 12.1. The van der Waals surface area contributed by atoms with E-state index in [1.807, 2.05) is 0 Å². The molecular formula is C45H45B. The van der Waals surface area contributed by atoms with Crippen molar-refractivity contribution in [3.05, 3.63) is 136 Å². The van der Waals surface area contributed by atoms with Gasteiger partial charge in [-0.15, -0.1) is 0 Å². The van der Waals surface area contributed by atoms with E-state index in [9.17, 15) is 0 Å². The standard InChI is InChI=1S/C45H45B/c1-26-11-13-33(14-12-26)39-25-40(38-18-16-35-24-36(45(8,9)10)23-34-15-17-37(39)42(38)41(34)35)46(43-29(4)19-27(2)20-30(43)5)44-31(6)21-28(3)22-32(44)7/h11-25H,1-10H3. The molecule has 0 nitrogen and oxygen atoms in total. The Balaban J connectivity index is 1.69. The quantitative estimate of drug-likeness (QED) is 0.140. The summed E-state index contributed by atoms with van der Waals surface area (Å²) in [5, 5.41) is 8.11. The third-order valence-electron chi connectivity index (χ3n) is 10.3. The number of hydrogen-bond donors (Lipinski definition) is 0. The van der Waals surface area contributed by atoms with E-state index >= 15 is 0 Å². The first-order chi connectivity index (χ1) is 21.8. The second kappa shape index (κ2) is 10.9. The average Bonchev–Trinajstić information content (AvgIpc) is 2.97. The monoisotopic (exact) mass is 596 g/mol. The predicted octanol–water partition coefficient (Wildman–Crippen LogP) is 10.2. The van der Waals surface area contributed by atoms with Crippen molar-refractivity contribution in [1.82, 2.24) is 0 Å². The Kier molecular flexibility index (Phi) is 7.16. The fraction of sp³-hybridized carbons (Fsp3) is 0.244. The predicted molar refractivity (Wildman–Crippen MR) is 205 cm³/mol. The lowest BCUT2D eigenvalue weighted by Gasteiger charge is -2.28. The van der Waals surface area contributed by atoms with Crippen LogP contribution >= 0.6 is 0 Å². The molecule has 0 amide bonds. The summed E-state index contributed by atoms with van der Waals surface area (Å²) in [7, 11) is 0. The van der Waals surface area contributed by atoms with Crippen LogP contribution in [0.25, 0.3) is 43.4 Å². The van der Waals surface area contributed by atoms with Crippen molar-refractivity contribution in [2.24, 2.45) is 0 Å². The zero-order chi connectivity index (χ0) is 32.7. The van der Waals surface area contributed by atoms with Crippen LogP contribution in [0.15, 0.2) is 91.0 Å². The molecule has 0 saturated heterocycles. The highest BCUT2D eigenvalue weighted by Crippen LogP contribution is 2.41. The summed E-state index contributed by atoms with van der Waals surface area (Å²) in [6, 6.07) is 35.6. The molecule has 0 fully saturated rings. The molecular weight excluding hydrogens is 551 g/mol. The van der Waals surface area contributed by atoms with E-state index in [4.69, 9.17) is 0 Å². The first-order valence-corrected chi connectivity index (χ1v) is 16.8. The minimum atomic E-state index is 0.0781. The Bertz CT molecular complexity index is 2170. The summed E-state index contributed by atoms with van der Waals surface area (Å²) in [4.78, 5) is 0. The highest BCUT2D eigenvalue weighted by molar-refractivity contribution is 6.98. The largest absolute Gasteiger partial charge is 0.243 e. The van der Waals surface area contributed by atoms with E-state index in [0.29, 0.717) is 0 Å². The third kappa shape index (κ3) is 4.92. The number of hydrogen-bond acceptors (Lipinski definition) is 0. The number of benzene rings is 7. The third-order valence-corrected chi connectivity index (χ3v) is 10.3. The molecule has 0 aromatic heterocycles. The van der Waals surface area contributed by atoms with Crippen LogP contribution in [0.1, 0.15) is 65.3 Å². The molecule has 7 aromatic rings. The molecule has 46 heavy (non-hydrogen) atoms. The summed E-state index contributed by atoms with van der Waals surface area (Å²) in [6.45, 7) is 22.9. The van der Waals surface area contributed by atoms with Gasteiger partial charge in [-0.05, 0) is 103 Å². The van der Waals surface area contributed by atoms with Gasteiger partial charge in [-0.2, -0.15) is 0 Å². The maximum absolute atomic E-state index is 2.54. The minimum absolute atomic E-state index is 0.0781. The Morgan fingerprint density at radius 2 is 0.935 bits per heavy atom. The van der Waals surface area contributed by atoms with E-state index in [2.05, 4.69) is 160 Å². The van der Waals surface area contributed by atoms with Crippen LogP contribution in [0, 0.1) is 48.5 Å². The SMILES string of the molecule is Cc1ccc(-c2cc(B(c3c(C)cc(C)cc3C)c3c(C)cc(C)cc3C)c3ccc4cc(C(C)(C)C)cc5ccc2c3c45)cc1. The molecule has 0 N–H and O–H groups in total. The molecule has 0 atom stereocenters. The van der Waals surface area contributed by atoms with Gasteiger partial charge in [-0.3, -0.25) is 0 Å². The Hall–Kier alpha value is -4.36. The topological polar surface area (TPSA) is 0 Å². The van der Waals surface area contributed by atoms with E-state index in [0.717, 1.165) is 0 Å². The van der Waals surface area contributed by atoms with E-state index in [1.54, 1.807) is 0 Å². The summed E-state index contributed by atoms with van der Waals surface area (Å²) in [6.07, 6.45) is 0. The molecule has 0 aliphatic rings. The summed E-state index contributed by atoms with van der Waals surface area (Å²) in [5.41, 5.74) is 17.7. The van der Waals surface area contributed by atoms with Crippen molar-refractivity contribution in [2.45, 2.75) is 74.7 Å². The van der Waals surface area contributed by atoms with Crippen LogP contribution in [0.2, 0.25) is 0 Å². The summed E-state index contributed by atoms with van der Waals surface area (Å²) >= 11 is 0. The van der Waals surface area contributed by atoms with Crippen molar-refractivity contribution in [1.29, 1.82) is 0 Å². The molecule has 0 heterocycles. The van der Waals surface area contributed by atoms with E-state index in [1.165, 1.54) is 104 Å². The molecule has 0 unspecified atom stereocenters. The lowest BCUT2D eigenvalue weighted by Crippen LogP contribution is -2.56. The van der Waals surface area contributed by atoms with Crippen LogP contribution in [0.3, 0.4) is 0 Å². The van der Waals surface area contributed by atoms with Crippen molar-refractivity contribution in [2.75, 3.05) is 0 Å². The fourth-order valence-corrected chi connectivity index (χ4v) is 8.33. The average molecular weight is 597 g/mol. The fourth-order valence-electron chi connectivity index (χ4n) is 8.33. The Morgan fingerprint density at radius 1 is 0.457 bits per heavy atom. The summed E-state index contributed by atoms with van der Waals surface area (Å²) in [5.74, 6) is 0. The molecule has 7 aromatic carbocycles. The van der Waals surface area contributed by atoms with Gasteiger partial charge in [0.15, 0.2) is 0 Å². The Morgan fingerprint density at radius 3 is 1.41 bits per heavy atom. The van der Waals surface area contributed by atoms with E-state index in [-0.39, 0.29) is 12.1 Å². The van der Waals surface area contributed by atoms with Crippen LogP contribution in [0.5, 0.6) is 0 Å². The molecule has 0 spiro atoms. The molecule has 0 radical (unpaired) electrons. The molecule has 0 bridgehead atoms. The van der Waals surface area contributed by atoms with Crippen LogP contribution in [-0.2, 0) is 5.41 Å². The number of aryl methyl sites for hydroxylation is 7. The number of rotatable bonds is 4. The lowest BCUT2D eigenvalue weighted by atomic mass is 9.33. The van der Waals surface area contributed by atoms with E-state index < -0.39 is 0 Å². The van der Waals surface area contributed by atoms with Crippen LogP contribution in [0.4, 0.5) is 0 Å². The maximum atomic E-state index is 2.54. The van der Waals surface area contributed by atoms with Crippen molar-refractivity contribution < 1.29 is 0 Å². The lowest BCUT2D eigenvalue weighted by molar-refractivity contribution is 0.591. The van der Waals surface area contributed by atoms with Gasteiger partial charge >= 0.3 is 0 Å². The summed E-state index contributed by atoms with van der Waals surface area (Å²) < 4.78 is 0. The molecule has 0 saturated carbocycles. The minimum Gasteiger partial charge on any atom is -0.0629 e. The van der Waals surface area contributed by atoms with Gasteiger partial charge in [0, 0.05) is 0 Å². The van der Waals surface area contributed by atoms with Crippen LogP contribution in [-0.4, -0.2) is 6.71 Å². The smallest absolute Gasteiger partial charge is 0.0629 e. The maximum Gasteiger partial charge on any atom is 0.243 e. The highest BCUT2D eigenvalue weighted by atomic mass is 14.2. The van der Waals surface area contributed by atoms with Gasteiger partial charge in [0.1, 0.15) is 0 Å². The molecule has 0 aliphatic heterocycles. The molecule has 7 rings (SSSR count). The van der Waals surface area contributed by atoms with Gasteiger partial charge in [0.2, 0.25) is 6.71 Å². The van der Waals surface area contributed by atoms with Crippen molar-refractivity contribution in [3.63, 3.8) is 0 Å². The van der Waals surface area contributed by atoms with Gasteiger partial charge < -0.3 is 0 Å². The van der Waals surface area contributed by atoms with Gasteiger partial charge in [-0.1, -0.05) is 167 Å². The van der Waals surface area contributed by atoms with Gasteiger partial charge in [0.25, 0.3) is 0 Å². The molecule has 0 aliphatic carbocycles. The zero-order valence-corrected chi connectivity index (χ0v) is 29.2.